The molecule has 0 fully saturated rings. The molecule has 11 heteroatoms. The van der Waals surface area contributed by atoms with Gasteiger partial charge < -0.3 is 14.8 Å². The van der Waals surface area contributed by atoms with Gasteiger partial charge >= 0.3 is 12.3 Å². The number of oxime groups is 1. The lowest BCUT2D eigenvalue weighted by molar-refractivity contribution is -0.275. The third kappa shape index (κ3) is 5.30. The first kappa shape index (κ1) is 25.0. The summed E-state index contributed by atoms with van der Waals surface area (Å²) in [6.07, 6.45) is -5.39. The van der Waals surface area contributed by atoms with Gasteiger partial charge in [0.2, 0.25) is 0 Å². The van der Waals surface area contributed by atoms with Gasteiger partial charge in [0.25, 0.3) is 5.60 Å². The Morgan fingerprint density at radius 2 is 1.91 bits per heavy atom. The molecule has 1 aliphatic heterocycles. The van der Waals surface area contributed by atoms with Crippen molar-refractivity contribution in [2.75, 3.05) is 6.54 Å². The first-order valence-electron chi connectivity index (χ1n) is 10.0. The number of hydrogen-bond donors (Lipinski definition) is 1. The first-order valence-corrected chi connectivity index (χ1v) is 10.8. The second kappa shape index (κ2) is 9.69. The van der Waals surface area contributed by atoms with Gasteiger partial charge in [0.15, 0.2) is 5.75 Å². The summed E-state index contributed by atoms with van der Waals surface area (Å²) in [5, 5.41) is 13.9. The van der Waals surface area contributed by atoms with Crippen molar-refractivity contribution in [2.24, 2.45) is 5.16 Å². The molecule has 0 saturated heterocycles. The van der Waals surface area contributed by atoms with E-state index < -0.39 is 24.3 Å². The summed E-state index contributed by atoms with van der Waals surface area (Å²) in [6, 6.07) is 8.22. The van der Waals surface area contributed by atoms with Gasteiger partial charge in [-0.3, -0.25) is 0 Å². The van der Waals surface area contributed by atoms with E-state index in [4.69, 9.17) is 32.9 Å². The van der Waals surface area contributed by atoms with Crippen molar-refractivity contribution in [2.45, 2.75) is 44.9 Å². The molecule has 1 aliphatic rings. The number of carboxylic acid groups (broad SMARTS) is 1. The van der Waals surface area contributed by atoms with E-state index in [0.29, 0.717) is 17.5 Å². The minimum Gasteiger partial charge on any atom is -0.463 e. The maximum absolute atomic E-state index is 14.2. The van der Waals surface area contributed by atoms with Gasteiger partial charge in [-0.1, -0.05) is 53.8 Å². The molecule has 1 amide bonds. The number of halogens is 5. The number of aryl methyl sites for hydroxylation is 1. The van der Waals surface area contributed by atoms with E-state index in [9.17, 15) is 23.1 Å². The molecule has 3 rings (SSSR count). The minimum atomic E-state index is -4.82. The number of rotatable bonds is 7. The Balaban J connectivity index is 1.93. The SMILES string of the molecule is CCCCN(Oc1cc(C2=NOC(c3cc(Cl)cc(Cl)c3)(C(F)(F)F)C2)ccc1C)C(=O)O. The molecule has 1 unspecified atom stereocenters. The number of hydrogen-bond acceptors (Lipinski definition) is 4. The molecule has 0 radical (unpaired) electrons. The van der Waals surface area contributed by atoms with Crippen LogP contribution in [-0.2, 0) is 10.4 Å². The van der Waals surface area contributed by atoms with Gasteiger partial charge in [-0.2, -0.15) is 13.2 Å². The second-order valence-electron chi connectivity index (χ2n) is 7.60. The van der Waals surface area contributed by atoms with Gasteiger partial charge in [0, 0.05) is 27.6 Å². The fraction of sp³-hybridized carbons (Fsp3) is 0.364. The van der Waals surface area contributed by atoms with Crippen molar-refractivity contribution >= 4 is 35.0 Å². The smallest absolute Gasteiger partial charge is 0.440 e. The number of unbranched alkanes of at least 4 members (excludes halogenated alkanes) is 1. The summed E-state index contributed by atoms with van der Waals surface area (Å²) in [5.41, 5.74) is -2.12. The van der Waals surface area contributed by atoms with Crippen molar-refractivity contribution in [3.63, 3.8) is 0 Å². The Bertz CT molecular complexity index is 1060. The highest BCUT2D eigenvalue weighted by Gasteiger charge is 2.62. The highest BCUT2D eigenvalue weighted by molar-refractivity contribution is 6.34. The molecule has 0 spiro atoms. The second-order valence-corrected chi connectivity index (χ2v) is 8.47. The molecular formula is C22H21Cl2F3N2O4. The lowest BCUT2D eigenvalue weighted by Crippen LogP contribution is -2.42. The summed E-state index contributed by atoms with van der Waals surface area (Å²) in [7, 11) is 0. The van der Waals surface area contributed by atoms with E-state index in [1.54, 1.807) is 19.1 Å². The average molecular weight is 505 g/mol. The Kier molecular flexibility index (Phi) is 7.33. The third-order valence-corrected chi connectivity index (χ3v) is 5.61. The van der Waals surface area contributed by atoms with Crippen LogP contribution in [0.2, 0.25) is 10.0 Å². The van der Waals surface area contributed by atoms with Crippen LogP contribution in [0.5, 0.6) is 5.75 Å². The molecule has 0 aromatic heterocycles. The lowest BCUT2D eigenvalue weighted by Gasteiger charge is -2.29. The molecule has 0 saturated carbocycles. The van der Waals surface area contributed by atoms with Crippen molar-refractivity contribution in [3.8, 4) is 5.75 Å². The number of carbonyl (C=O) groups is 1. The summed E-state index contributed by atoms with van der Waals surface area (Å²) in [5.74, 6) is 0.184. The van der Waals surface area contributed by atoms with E-state index >= 15 is 0 Å². The van der Waals surface area contributed by atoms with Crippen molar-refractivity contribution in [3.05, 3.63) is 63.1 Å². The van der Waals surface area contributed by atoms with E-state index in [-0.39, 0.29) is 33.6 Å². The number of alkyl halides is 3. The molecule has 0 bridgehead atoms. The molecule has 33 heavy (non-hydrogen) atoms. The first-order chi connectivity index (χ1) is 15.5. The molecule has 1 atom stereocenters. The number of benzene rings is 2. The summed E-state index contributed by atoms with van der Waals surface area (Å²) in [6.45, 7) is 3.75. The minimum absolute atomic E-state index is 0.0173. The van der Waals surface area contributed by atoms with Crippen molar-refractivity contribution in [1.29, 1.82) is 0 Å². The molecule has 1 N–H and O–H groups in total. The zero-order valence-corrected chi connectivity index (χ0v) is 19.3. The Morgan fingerprint density at radius 3 is 2.48 bits per heavy atom. The number of amides is 1. The zero-order valence-electron chi connectivity index (χ0n) is 17.7. The number of nitrogens with zero attached hydrogens (tertiary/aromatic N) is 2. The molecule has 2 aromatic carbocycles. The summed E-state index contributed by atoms with van der Waals surface area (Å²) < 4.78 is 42.6. The molecular weight excluding hydrogens is 484 g/mol. The predicted octanol–water partition coefficient (Wildman–Crippen LogP) is 6.96. The van der Waals surface area contributed by atoms with Crippen molar-refractivity contribution in [1.82, 2.24) is 5.06 Å². The van der Waals surface area contributed by atoms with Crippen LogP contribution >= 0.6 is 23.2 Å². The van der Waals surface area contributed by atoms with E-state index in [2.05, 4.69) is 5.16 Å². The van der Waals surface area contributed by atoms with E-state index in [0.717, 1.165) is 23.6 Å². The lowest BCUT2D eigenvalue weighted by atomic mass is 9.86. The van der Waals surface area contributed by atoms with Gasteiger partial charge in [-0.15, -0.1) is 5.06 Å². The quantitative estimate of drug-likeness (QED) is 0.413. The molecule has 6 nitrogen and oxygen atoms in total. The Labute approximate surface area is 198 Å². The molecule has 2 aromatic rings. The van der Waals surface area contributed by atoms with Crippen LogP contribution in [0.3, 0.4) is 0 Å². The normalized spacial score (nSPS) is 18.0. The topological polar surface area (TPSA) is 71.4 Å². The Morgan fingerprint density at radius 1 is 1.24 bits per heavy atom. The highest BCUT2D eigenvalue weighted by Crippen LogP contribution is 2.49. The van der Waals surface area contributed by atoms with Crippen LogP contribution in [0.1, 0.15) is 42.9 Å². The Hall–Kier alpha value is -2.65. The summed E-state index contributed by atoms with van der Waals surface area (Å²) in [4.78, 5) is 22.0. The fourth-order valence-corrected chi connectivity index (χ4v) is 3.85. The van der Waals surface area contributed by atoms with Gasteiger partial charge in [0.1, 0.15) is 0 Å². The van der Waals surface area contributed by atoms with Crippen LogP contribution in [0.25, 0.3) is 0 Å². The number of hydroxylamine groups is 2. The van der Waals surface area contributed by atoms with Crippen LogP contribution in [0.4, 0.5) is 18.0 Å². The van der Waals surface area contributed by atoms with Gasteiger partial charge in [-0.25, -0.2) is 4.79 Å². The maximum atomic E-state index is 14.2. The molecule has 0 aliphatic carbocycles. The monoisotopic (exact) mass is 504 g/mol. The predicted molar refractivity (Wildman–Crippen MR) is 118 cm³/mol. The van der Waals surface area contributed by atoms with Crippen LogP contribution < -0.4 is 4.84 Å². The standard InChI is InChI=1S/C22H21Cl2F3N2O4/c1-3-4-7-29(20(30)31)32-19-8-14(6-5-13(19)2)18-12-21(33-28-18,22(25,26)27)15-9-16(23)11-17(24)10-15/h5-6,8-11H,3-4,7,12H2,1-2H3,(H,30,31). The molecule has 178 valence electrons. The van der Waals surface area contributed by atoms with Crippen molar-refractivity contribution < 1.29 is 32.7 Å². The summed E-state index contributed by atoms with van der Waals surface area (Å²) >= 11 is 11.9. The third-order valence-electron chi connectivity index (χ3n) is 5.17. The maximum Gasteiger partial charge on any atom is 0.440 e. The van der Waals surface area contributed by atoms with Crippen LogP contribution in [0, 0.1) is 6.92 Å². The van der Waals surface area contributed by atoms with E-state index in [1.165, 1.54) is 12.1 Å². The largest absolute Gasteiger partial charge is 0.463 e. The fourth-order valence-electron chi connectivity index (χ4n) is 3.32. The van der Waals surface area contributed by atoms with Gasteiger partial charge in [0.05, 0.1) is 12.3 Å². The van der Waals surface area contributed by atoms with Gasteiger partial charge in [-0.05, 0) is 43.2 Å². The average Bonchev–Trinajstić information content (AvgIpc) is 3.18. The highest BCUT2D eigenvalue weighted by atomic mass is 35.5. The van der Waals surface area contributed by atoms with E-state index in [1.807, 2.05) is 6.92 Å². The van der Waals surface area contributed by atoms with Crippen LogP contribution in [-0.4, -0.2) is 34.7 Å². The molecule has 1 heterocycles. The van der Waals surface area contributed by atoms with Crippen LogP contribution in [0.15, 0.2) is 41.6 Å². The zero-order chi connectivity index (χ0) is 24.4.